The van der Waals surface area contributed by atoms with Gasteiger partial charge >= 0.3 is 0 Å². The number of aliphatic hydroxyl groups excluding tert-OH is 1. The van der Waals surface area contributed by atoms with E-state index in [0.29, 0.717) is 0 Å². The predicted molar refractivity (Wildman–Crippen MR) is 90.1 cm³/mol. The van der Waals surface area contributed by atoms with E-state index in [1.807, 2.05) is 0 Å². The predicted octanol–water partition coefficient (Wildman–Crippen LogP) is 4.99. The standard InChI is InChI=1S/C17H14FN3O5/c1-10(22)17(11(2)23)20-19-13-7-14(21(24)25)9-16(8-13)26-15-5-3-12(18)4-6-15/h3-9,22H,1-2H3/b17-10+,20-19?. The second-order valence-corrected chi connectivity index (χ2v) is 5.19. The number of ether oxygens (including phenoxy) is 1. The van der Waals surface area contributed by atoms with Crippen molar-refractivity contribution in [2.75, 3.05) is 0 Å². The van der Waals surface area contributed by atoms with Gasteiger partial charge in [0.15, 0.2) is 11.5 Å². The van der Waals surface area contributed by atoms with Crippen LogP contribution in [0.5, 0.6) is 11.5 Å². The Morgan fingerprint density at radius 2 is 1.81 bits per heavy atom. The number of benzene rings is 2. The largest absolute Gasteiger partial charge is 0.510 e. The van der Waals surface area contributed by atoms with Crippen molar-refractivity contribution >= 4 is 17.2 Å². The Morgan fingerprint density at radius 3 is 2.35 bits per heavy atom. The molecule has 8 nitrogen and oxygen atoms in total. The van der Waals surface area contributed by atoms with Crippen LogP contribution in [0.4, 0.5) is 15.8 Å². The summed E-state index contributed by atoms with van der Waals surface area (Å²) in [4.78, 5) is 21.8. The first-order valence-corrected chi connectivity index (χ1v) is 7.31. The summed E-state index contributed by atoms with van der Waals surface area (Å²) >= 11 is 0. The van der Waals surface area contributed by atoms with Crippen LogP contribution in [0.2, 0.25) is 0 Å². The number of Topliss-reactive ketones (excluding diaryl/α,β-unsaturated/α-hetero) is 1. The fourth-order valence-electron chi connectivity index (χ4n) is 1.93. The molecule has 0 amide bonds. The highest BCUT2D eigenvalue weighted by Gasteiger charge is 2.13. The molecular formula is C17H14FN3O5. The molecule has 9 heteroatoms. The van der Waals surface area contributed by atoms with Gasteiger partial charge in [0.05, 0.1) is 16.7 Å². The molecule has 0 radical (unpaired) electrons. The lowest BCUT2D eigenvalue weighted by atomic mass is 10.2. The van der Waals surface area contributed by atoms with Crippen molar-refractivity contribution in [2.24, 2.45) is 10.2 Å². The molecule has 0 unspecified atom stereocenters. The summed E-state index contributed by atoms with van der Waals surface area (Å²) in [5, 5.41) is 27.9. The molecule has 0 fully saturated rings. The molecule has 0 aliphatic rings. The Hall–Kier alpha value is -3.62. The van der Waals surface area contributed by atoms with Crippen molar-refractivity contribution < 1.29 is 24.0 Å². The molecule has 0 saturated heterocycles. The number of azo groups is 1. The molecule has 2 aromatic rings. The molecule has 0 heterocycles. The lowest BCUT2D eigenvalue weighted by molar-refractivity contribution is -0.384. The van der Waals surface area contributed by atoms with E-state index in [1.54, 1.807) is 0 Å². The number of nitro benzene ring substituents is 1. The van der Waals surface area contributed by atoms with Gasteiger partial charge in [-0.05, 0) is 31.2 Å². The summed E-state index contributed by atoms with van der Waals surface area (Å²) in [6.45, 7) is 2.47. The summed E-state index contributed by atoms with van der Waals surface area (Å²) in [7, 11) is 0. The Labute approximate surface area is 147 Å². The molecule has 1 N–H and O–H groups in total. The van der Waals surface area contributed by atoms with Gasteiger partial charge in [-0.3, -0.25) is 14.9 Å². The van der Waals surface area contributed by atoms with E-state index in [9.17, 15) is 24.4 Å². The number of nitro groups is 1. The molecule has 26 heavy (non-hydrogen) atoms. The van der Waals surface area contributed by atoms with Gasteiger partial charge in [-0.2, -0.15) is 0 Å². The Bertz CT molecular complexity index is 903. The summed E-state index contributed by atoms with van der Waals surface area (Å²) in [6, 6.07) is 8.74. The lowest BCUT2D eigenvalue weighted by Gasteiger charge is -2.06. The topological polar surface area (TPSA) is 114 Å². The van der Waals surface area contributed by atoms with Gasteiger partial charge in [-0.25, -0.2) is 4.39 Å². The van der Waals surface area contributed by atoms with Gasteiger partial charge in [0.25, 0.3) is 5.69 Å². The molecule has 0 bridgehead atoms. The molecule has 0 spiro atoms. The van der Waals surface area contributed by atoms with E-state index in [1.165, 1.54) is 50.2 Å². The third kappa shape index (κ3) is 4.94. The van der Waals surface area contributed by atoms with Crippen molar-refractivity contribution in [1.29, 1.82) is 0 Å². The molecule has 0 aliphatic heterocycles. The first-order chi connectivity index (χ1) is 12.3. The zero-order valence-electron chi connectivity index (χ0n) is 13.8. The van der Waals surface area contributed by atoms with Crippen LogP contribution in [0.1, 0.15) is 13.8 Å². The molecular weight excluding hydrogens is 345 g/mol. The lowest BCUT2D eigenvalue weighted by Crippen LogP contribution is -1.96. The average Bonchev–Trinajstić information content (AvgIpc) is 2.56. The van der Waals surface area contributed by atoms with Crippen molar-refractivity contribution in [1.82, 2.24) is 0 Å². The summed E-state index contributed by atoms with van der Waals surface area (Å²) in [5.74, 6) is -0.940. The maximum absolute atomic E-state index is 12.9. The minimum atomic E-state index is -0.643. The number of hydrogen-bond donors (Lipinski definition) is 1. The van der Waals surface area contributed by atoms with Gasteiger partial charge in [-0.15, -0.1) is 10.2 Å². The quantitative estimate of drug-likeness (QED) is 0.256. The van der Waals surface area contributed by atoms with Crippen LogP contribution in [0.15, 0.2) is 64.1 Å². The third-order valence-corrected chi connectivity index (χ3v) is 3.08. The zero-order valence-corrected chi connectivity index (χ0v) is 13.8. The number of aliphatic hydroxyl groups is 1. The smallest absolute Gasteiger partial charge is 0.275 e. The van der Waals surface area contributed by atoms with Gasteiger partial charge in [0, 0.05) is 19.1 Å². The van der Waals surface area contributed by atoms with Gasteiger partial charge in [0.2, 0.25) is 0 Å². The fourth-order valence-corrected chi connectivity index (χ4v) is 1.93. The monoisotopic (exact) mass is 359 g/mol. The van der Waals surface area contributed by atoms with Gasteiger partial charge in [-0.1, -0.05) is 0 Å². The molecule has 0 aliphatic carbocycles. The first-order valence-electron chi connectivity index (χ1n) is 7.31. The van der Waals surface area contributed by atoms with Gasteiger partial charge < -0.3 is 9.84 Å². The minimum absolute atomic E-state index is 0.0383. The van der Waals surface area contributed by atoms with Crippen molar-refractivity contribution in [3.63, 3.8) is 0 Å². The number of rotatable bonds is 6. The number of carbonyl (C=O) groups is 1. The van der Waals surface area contributed by atoms with E-state index >= 15 is 0 Å². The first kappa shape index (κ1) is 18.7. The summed E-state index contributed by atoms with van der Waals surface area (Å²) in [5.41, 5.74) is -0.540. The van der Waals surface area contributed by atoms with E-state index in [0.717, 1.165) is 6.07 Å². The van der Waals surface area contributed by atoms with Crippen LogP contribution in [-0.2, 0) is 4.79 Å². The maximum Gasteiger partial charge on any atom is 0.275 e. The molecule has 0 aromatic heterocycles. The zero-order chi connectivity index (χ0) is 19.3. The van der Waals surface area contributed by atoms with E-state index in [4.69, 9.17) is 4.74 Å². The molecule has 0 atom stereocenters. The van der Waals surface area contributed by atoms with Crippen LogP contribution in [0, 0.1) is 15.9 Å². The third-order valence-electron chi connectivity index (χ3n) is 3.08. The molecule has 2 aromatic carbocycles. The maximum atomic E-state index is 12.9. The van der Waals surface area contributed by atoms with Gasteiger partial charge in [0.1, 0.15) is 23.1 Å². The van der Waals surface area contributed by atoms with Crippen molar-refractivity contribution in [3.8, 4) is 11.5 Å². The number of halogens is 1. The highest BCUT2D eigenvalue weighted by atomic mass is 19.1. The SMILES string of the molecule is CC(=O)/C(N=Nc1cc(Oc2ccc(F)cc2)cc([N+](=O)[O-])c1)=C(/C)O. The molecule has 134 valence electrons. The molecule has 2 rings (SSSR count). The number of carbonyl (C=O) groups excluding carboxylic acids is 1. The van der Waals surface area contributed by atoms with Crippen LogP contribution in [-0.4, -0.2) is 15.8 Å². The highest BCUT2D eigenvalue weighted by Crippen LogP contribution is 2.31. The van der Waals surface area contributed by atoms with Crippen LogP contribution in [0.25, 0.3) is 0 Å². The second-order valence-electron chi connectivity index (χ2n) is 5.19. The van der Waals surface area contributed by atoms with Crippen molar-refractivity contribution in [3.05, 3.63) is 69.9 Å². The fraction of sp³-hybridized carbons (Fsp3) is 0.118. The van der Waals surface area contributed by atoms with E-state index in [-0.39, 0.29) is 34.3 Å². The minimum Gasteiger partial charge on any atom is -0.510 e. The summed E-state index contributed by atoms with van der Waals surface area (Å²) in [6.07, 6.45) is 0. The van der Waals surface area contributed by atoms with Crippen molar-refractivity contribution in [2.45, 2.75) is 13.8 Å². The Balaban J connectivity index is 2.39. The summed E-state index contributed by atoms with van der Waals surface area (Å²) < 4.78 is 18.4. The number of nitrogens with zero attached hydrogens (tertiary/aromatic N) is 3. The number of non-ortho nitro benzene ring substituents is 1. The van der Waals surface area contributed by atoms with E-state index < -0.39 is 16.5 Å². The molecule has 0 saturated carbocycles. The van der Waals surface area contributed by atoms with Crippen LogP contribution < -0.4 is 4.74 Å². The second kappa shape index (κ2) is 7.97. The van der Waals surface area contributed by atoms with E-state index in [2.05, 4.69) is 10.2 Å². The average molecular weight is 359 g/mol. The number of allylic oxidation sites excluding steroid dienone is 2. The number of hydrogen-bond acceptors (Lipinski definition) is 7. The Kier molecular flexibility index (Phi) is 5.74. The normalized spacial score (nSPS) is 12.0. The number of ketones is 1. The Morgan fingerprint density at radius 1 is 1.15 bits per heavy atom. The highest BCUT2D eigenvalue weighted by molar-refractivity contribution is 5.93. The van der Waals surface area contributed by atoms with Crippen LogP contribution in [0.3, 0.4) is 0 Å². The van der Waals surface area contributed by atoms with Crippen LogP contribution >= 0.6 is 0 Å².